The van der Waals surface area contributed by atoms with E-state index in [0.717, 1.165) is 11.1 Å². The maximum absolute atomic E-state index is 11.8. The minimum atomic E-state index is 0.00820. The minimum Gasteiger partial charge on any atom is -0.289 e. The van der Waals surface area contributed by atoms with E-state index in [2.05, 4.69) is 6.92 Å². The van der Waals surface area contributed by atoms with Crippen LogP contribution in [0.4, 0.5) is 0 Å². The minimum absolute atomic E-state index is 0.00820. The predicted octanol–water partition coefficient (Wildman–Crippen LogP) is 3.76. The van der Waals surface area contributed by atoms with Gasteiger partial charge in [-0.25, -0.2) is 0 Å². The van der Waals surface area contributed by atoms with Crippen LogP contribution < -0.4 is 0 Å². The molecule has 0 amide bonds. The van der Waals surface area contributed by atoms with E-state index in [1.165, 1.54) is 0 Å². The van der Waals surface area contributed by atoms with Crippen LogP contribution in [0.5, 0.6) is 0 Å². The van der Waals surface area contributed by atoms with Gasteiger partial charge < -0.3 is 0 Å². The van der Waals surface area contributed by atoms with Gasteiger partial charge in [0.1, 0.15) is 0 Å². The van der Waals surface area contributed by atoms with Crippen molar-refractivity contribution in [3.05, 3.63) is 84.3 Å². The summed E-state index contributed by atoms with van der Waals surface area (Å²) in [5, 5.41) is 0. The van der Waals surface area contributed by atoms with Crippen molar-refractivity contribution in [2.24, 2.45) is 0 Å². The van der Waals surface area contributed by atoms with Crippen LogP contribution in [0.3, 0.4) is 0 Å². The highest BCUT2D eigenvalue weighted by atomic mass is 16.1. The molecule has 0 fully saturated rings. The molecule has 2 rings (SSSR count). The topological polar surface area (TPSA) is 17.1 Å². The smallest absolute Gasteiger partial charge is 0.185 e. The number of hydrogen-bond acceptors (Lipinski definition) is 1. The second-order valence-corrected chi connectivity index (χ2v) is 3.81. The lowest BCUT2D eigenvalue weighted by molar-refractivity contribution is 0.104. The van der Waals surface area contributed by atoms with Gasteiger partial charge in [0.2, 0.25) is 0 Å². The zero-order valence-corrected chi connectivity index (χ0v) is 9.47. The van der Waals surface area contributed by atoms with Crippen LogP contribution in [-0.4, -0.2) is 5.78 Å². The Morgan fingerprint density at radius 1 is 0.941 bits per heavy atom. The Hall–Kier alpha value is -2.15. The van der Waals surface area contributed by atoms with E-state index in [1.807, 2.05) is 48.5 Å². The monoisotopic (exact) mass is 221 g/mol. The molecular weight excluding hydrogens is 208 g/mol. The number of hydrogen-bond donors (Lipinski definition) is 0. The molecule has 0 aliphatic heterocycles. The lowest BCUT2D eigenvalue weighted by Crippen LogP contribution is -1.93. The highest BCUT2D eigenvalue weighted by Gasteiger charge is 1.99. The molecule has 0 spiro atoms. The fourth-order valence-electron chi connectivity index (χ4n) is 1.50. The third-order valence-corrected chi connectivity index (χ3v) is 2.47. The Morgan fingerprint density at radius 2 is 1.59 bits per heavy atom. The molecule has 0 heterocycles. The summed E-state index contributed by atoms with van der Waals surface area (Å²) in [6, 6.07) is 17.0. The van der Waals surface area contributed by atoms with Gasteiger partial charge in [0.05, 0.1) is 0 Å². The van der Waals surface area contributed by atoms with Crippen LogP contribution in [0.1, 0.15) is 21.5 Å². The first kappa shape index (κ1) is 11.3. The molecule has 0 saturated heterocycles. The molecule has 0 aliphatic carbocycles. The van der Waals surface area contributed by atoms with Crippen LogP contribution in [0.15, 0.2) is 60.7 Å². The van der Waals surface area contributed by atoms with Crippen molar-refractivity contribution >= 4 is 11.9 Å². The number of rotatable bonds is 3. The van der Waals surface area contributed by atoms with Gasteiger partial charge in [-0.05, 0) is 24.1 Å². The molecule has 0 aromatic heterocycles. The van der Waals surface area contributed by atoms with Crippen LogP contribution in [-0.2, 0) is 0 Å². The van der Waals surface area contributed by atoms with Crippen LogP contribution >= 0.6 is 0 Å². The van der Waals surface area contributed by atoms with E-state index in [9.17, 15) is 4.79 Å². The second-order valence-electron chi connectivity index (χ2n) is 3.81. The van der Waals surface area contributed by atoms with Gasteiger partial charge in [0, 0.05) is 5.56 Å². The third kappa shape index (κ3) is 3.15. The van der Waals surface area contributed by atoms with Gasteiger partial charge >= 0.3 is 0 Å². The zero-order valence-electron chi connectivity index (χ0n) is 9.47. The predicted molar refractivity (Wildman–Crippen MR) is 70.7 cm³/mol. The first-order valence-corrected chi connectivity index (χ1v) is 5.45. The SMILES string of the molecule is [CH2]c1ccc(C(=O)C=Cc2ccccc2)cc1. The van der Waals surface area contributed by atoms with Gasteiger partial charge in [-0.2, -0.15) is 0 Å². The lowest BCUT2D eigenvalue weighted by Gasteiger charge is -1.96. The molecule has 2 aromatic carbocycles. The summed E-state index contributed by atoms with van der Waals surface area (Å²) >= 11 is 0. The van der Waals surface area contributed by atoms with Gasteiger partial charge in [-0.15, -0.1) is 0 Å². The number of carbonyl (C=O) groups is 1. The van der Waals surface area contributed by atoms with Gasteiger partial charge in [0.15, 0.2) is 5.78 Å². The summed E-state index contributed by atoms with van der Waals surface area (Å²) in [5.74, 6) is 0.00820. The number of ketones is 1. The summed E-state index contributed by atoms with van der Waals surface area (Å²) < 4.78 is 0. The fourth-order valence-corrected chi connectivity index (χ4v) is 1.50. The van der Waals surface area contributed by atoms with E-state index in [-0.39, 0.29) is 5.78 Å². The van der Waals surface area contributed by atoms with Crippen molar-refractivity contribution in [1.29, 1.82) is 0 Å². The number of benzene rings is 2. The summed E-state index contributed by atoms with van der Waals surface area (Å²) in [6.07, 6.45) is 3.41. The maximum Gasteiger partial charge on any atom is 0.185 e. The van der Waals surface area contributed by atoms with Crippen molar-refractivity contribution in [1.82, 2.24) is 0 Å². The molecule has 0 N–H and O–H groups in total. The van der Waals surface area contributed by atoms with Crippen molar-refractivity contribution < 1.29 is 4.79 Å². The average molecular weight is 221 g/mol. The Balaban J connectivity index is 2.12. The molecule has 2 aromatic rings. The van der Waals surface area contributed by atoms with Gasteiger partial charge in [-0.3, -0.25) is 4.79 Å². The standard InChI is InChI=1S/C16H13O/c1-13-7-10-15(11-8-13)16(17)12-9-14-5-3-2-4-6-14/h2-12H,1H2. The normalized spacial score (nSPS) is 10.6. The highest BCUT2D eigenvalue weighted by molar-refractivity contribution is 6.06. The average Bonchev–Trinajstić information content (AvgIpc) is 2.38. The van der Waals surface area contributed by atoms with E-state index < -0.39 is 0 Å². The summed E-state index contributed by atoms with van der Waals surface area (Å²) in [6.45, 7) is 3.79. The molecule has 1 nitrogen and oxygen atoms in total. The fraction of sp³-hybridized carbons (Fsp3) is 0. The zero-order chi connectivity index (χ0) is 12.1. The Labute approximate surface area is 101 Å². The Bertz CT molecular complexity index is 521. The molecule has 1 heteroatoms. The first-order valence-electron chi connectivity index (χ1n) is 5.45. The van der Waals surface area contributed by atoms with Crippen LogP contribution in [0.2, 0.25) is 0 Å². The number of carbonyl (C=O) groups excluding carboxylic acids is 1. The quantitative estimate of drug-likeness (QED) is 0.569. The van der Waals surface area contributed by atoms with E-state index >= 15 is 0 Å². The second kappa shape index (κ2) is 5.26. The van der Waals surface area contributed by atoms with E-state index in [0.29, 0.717) is 5.56 Å². The molecular formula is C16H13O. The van der Waals surface area contributed by atoms with Crippen molar-refractivity contribution in [2.75, 3.05) is 0 Å². The van der Waals surface area contributed by atoms with Crippen LogP contribution in [0, 0.1) is 6.92 Å². The summed E-state index contributed by atoms with van der Waals surface area (Å²) in [5.41, 5.74) is 2.62. The summed E-state index contributed by atoms with van der Waals surface area (Å²) in [7, 11) is 0. The van der Waals surface area contributed by atoms with Crippen LogP contribution in [0.25, 0.3) is 6.08 Å². The largest absolute Gasteiger partial charge is 0.289 e. The van der Waals surface area contributed by atoms with Crippen molar-refractivity contribution in [2.45, 2.75) is 0 Å². The third-order valence-electron chi connectivity index (χ3n) is 2.47. The van der Waals surface area contributed by atoms with Gasteiger partial charge in [-0.1, -0.05) is 60.7 Å². The Kier molecular flexibility index (Phi) is 3.51. The first-order chi connectivity index (χ1) is 8.25. The van der Waals surface area contributed by atoms with E-state index in [1.54, 1.807) is 18.2 Å². The van der Waals surface area contributed by atoms with Gasteiger partial charge in [0.25, 0.3) is 0 Å². The number of allylic oxidation sites excluding steroid dienone is 1. The molecule has 83 valence electrons. The summed E-state index contributed by atoms with van der Waals surface area (Å²) in [4.78, 5) is 11.8. The molecule has 0 bridgehead atoms. The van der Waals surface area contributed by atoms with Crippen molar-refractivity contribution in [3.63, 3.8) is 0 Å². The molecule has 17 heavy (non-hydrogen) atoms. The maximum atomic E-state index is 11.8. The molecule has 0 unspecified atom stereocenters. The molecule has 0 atom stereocenters. The van der Waals surface area contributed by atoms with Crippen molar-refractivity contribution in [3.8, 4) is 0 Å². The van der Waals surface area contributed by atoms with E-state index in [4.69, 9.17) is 0 Å². The molecule has 0 saturated carbocycles. The lowest BCUT2D eigenvalue weighted by atomic mass is 10.1. The molecule has 0 aliphatic rings. The molecule has 1 radical (unpaired) electrons. The Morgan fingerprint density at radius 3 is 2.24 bits per heavy atom. The highest BCUT2D eigenvalue weighted by Crippen LogP contribution is 2.07.